The summed E-state index contributed by atoms with van der Waals surface area (Å²) in [5.41, 5.74) is 5.72. The Morgan fingerprint density at radius 3 is 2.73 bits per heavy atom. The summed E-state index contributed by atoms with van der Waals surface area (Å²) >= 11 is 0. The average molecular weight is 601 g/mol. The van der Waals surface area contributed by atoms with Crippen molar-refractivity contribution >= 4 is 33.6 Å². The van der Waals surface area contributed by atoms with Gasteiger partial charge in [0.15, 0.2) is 5.82 Å². The second-order valence-corrected chi connectivity index (χ2v) is 12.5. The minimum atomic E-state index is -0.928. The predicted molar refractivity (Wildman–Crippen MR) is 161 cm³/mol. The number of ether oxygens (including phenoxy) is 1. The van der Waals surface area contributed by atoms with Gasteiger partial charge in [0, 0.05) is 54.5 Å². The number of nitrogens with zero attached hydrogens (tertiary/aromatic N) is 6. The molecule has 3 N–H and O–H groups in total. The van der Waals surface area contributed by atoms with E-state index in [0.29, 0.717) is 48.3 Å². The molecule has 0 aliphatic carbocycles. The fraction of sp³-hybridized carbons (Fsp3) is 0.438. The molecule has 2 aromatic carbocycles. The number of nitrogen functional groups attached to an aromatic ring is 1. The lowest BCUT2D eigenvalue weighted by Gasteiger charge is -2.34. The Bertz CT molecular complexity index is 1850. The Balaban J connectivity index is 1.29. The number of aromatic nitrogens is 4. The Hall–Kier alpha value is -4.21. The fourth-order valence-electron chi connectivity index (χ4n) is 7.80. The van der Waals surface area contributed by atoms with Crippen LogP contribution in [0, 0.1) is 24.0 Å². The molecule has 2 bridgehead atoms. The van der Waals surface area contributed by atoms with Crippen molar-refractivity contribution in [2.75, 3.05) is 43.4 Å². The first-order chi connectivity index (χ1) is 21.3. The SMILES string of the molecule is C#Cc1cccc2nc(N)nc(-c3c(F)cc4c(N5CC6CCC(C5)N6)nc(OC[C@@]56CCCN5C[C@H](F)C6)nc4c3F)c12. The predicted octanol–water partition coefficient (Wildman–Crippen LogP) is 3.98. The second-order valence-electron chi connectivity index (χ2n) is 12.5. The van der Waals surface area contributed by atoms with E-state index in [1.807, 2.05) is 0 Å². The number of rotatable bonds is 5. The third-order valence-electron chi connectivity index (χ3n) is 9.72. The van der Waals surface area contributed by atoms with E-state index in [4.69, 9.17) is 21.9 Å². The third-order valence-corrected chi connectivity index (χ3v) is 9.72. The van der Waals surface area contributed by atoms with Crippen molar-refractivity contribution in [3.8, 4) is 29.6 Å². The standard InChI is InChI=1S/C32H31F3N8O/c1-2-17-5-3-6-23-24(17)28(39-30(36)38-23)25-22(34)11-21-27(26(25)35)40-31(41-29(21)42-14-19-7-8-20(15-42)37-19)44-16-32-9-4-10-43(32)13-18(33)12-32/h1,3,5-6,11,18-20,37H,4,7-10,12-16H2,(H2,36,38,39)/t18-,19?,20?,32+/m1/s1. The van der Waals surface area contributed by atoms with E-state index < -0.39 is 28.9 Å². The molecule has 2 aromatic heterocycles. The molecule has 4 fully saturated rings. The molecular formula is C32H31F3N8O. The number of anilines is 2. The monoisotopic (exact) mass is 600 g/mol. The molecule has 0 amide bonds. The summed E-state index contributed by atoms with van der Waals surface area (Å²) in [4.78, 5) is 21.9. The smallest absolute Gasteiger partial charge is 0.319 e. The lowest BCUT2D eigenvalue weighted by Crippen LogP contribution is -2.51. The number of hydrogen-bond acceptors (Lipinski definition) is 9. The molecule has 226 valence electrons. The number of terminal acetylenes is 1. The first kappa shape index (κ1) is 27.3. The van der Waals surface area contributed by atoms with Crippen LogP contribution in [0.4, 0.5) is 24.9 Å². The Labute approximate surface area is 252 Å². The Kier molecular flexibility index (Phi) is 6.32. The van der Waals surface area contributed by atoms with Gasteiger partial charge in [0.2, 0.25) is 5.95 Å². The number of fused-ring (bicyclic) bond motifs is 5. The maximum Gasteiger partial charge on any atom is 0.319 e. The van der Waals surface area contributed by atoms with Crippen molar-refractivity contribution in [1.82, 2.24) is 30.2 Å². The van der Waals surface area contributed by atoms with Crippen LogP contribution in [-0.4, -0.2) is 81.4 Å². The maximum absolute atomic E-state index is 16.8. The van der Waals surface area contributed by atoms with Crippen molar-refractivity contribution in [3.05, 3.63) is 41.5 Å². The van der Waals surface area contributed by atoms with E-state index in [9.17, 15) is 4.39 Å². The summed E-state index contributed by atoms with van der Waals surface area (Å²) in [6.07, 6.45) is 8.99. The maximum atomic E-state index is 16.8. The number of hydrogen-bond donors (Lipinski definition) is 2. The van der Waals surface area contributed by atoms with Crippen LogP contribution in [0.25, 0.3) is 33.1 Å². The number of benzene rings is 2. The summed E-state index contributed by atoms with van der Waals surface area (Å²) < 4.78 is 53.6. The van der Waals surface area contributed by atoms with Gasteiger partial charge in [0.1, 0.15) is 29.9 Å². The molecular weight excluding hydrogens is 569 g/mol. The lowest BCUT2D eigenvalue weighted by atomic mass is 9.95. The van der Waals surface area contributed by atoms with Gasteiger partial charge in [-0.15, -0.1) is 6.42 Å². The summed E-state index contributed by atoms with van der Waals surface area (Å²) in [6.45, 7) is 2.63. The van der Waals surface area contributed by atoms with Crippen molar-refractivity contribution in [1.29, 1.82) is 0 Å². The number of piperazine rings is 1. The van der Waals surface area contributed by atoms with Crippen LogP contribution in [0.1, 0.15) is 37.7 Å². The zero-order chi connectivity index (χ0) is 30.2. The van der Waals surface area contributed by atoms with Gasteiger partial charge in [-0.05, 0) is 50.4 Å². The zero-order valence-corrected chi connectivity index (χ0v) is 24.0. The van der Waals surface area contributed by atoms with Crippen molar-refractivity contribution < 1.29 is 17.9 Å². The van der Waals surface area contributed by atoms with E-state index in [2.05, 4.69) is 36.0 Å². The van der Waals surface area contributed by atoms with Crippen LogP contribution in [-0.2, 0) is 0 Å². The van der Waals surface area contributed by atoms with Crippen LogP contribution in [0.5, 0.6) is 6.01 Å². The summed E-state index contributed by atoms with van der Waals surface area (Å²) in [7, 11) is 0. The molecule has 4 aliphatic heterocycles. The van der Waals surface area contributed by atoms with Crippen molar-refractivity contribution in [3.63, 3.8) is 0 Å². The molecule has 12 heteroatoms. The number of nitrogens with two attached hydrogens (primary N) is 1. The van der Waals surface area contributed by atoms with Gasteiger partial charge in [-0.25, -0.2) is 23.1 Å². The van der Waals surface area contributed by atoms with Gasteiger partial charge < -0.3 is 20.7 Å². The highest BCUT2D eigenvalue weighted by atomic mass is 19.1. The first-order valence-electron chi connectivity index (χ1n) is 15.1. The van der Waals surface area contributed by atoms with Crippen LogP contribution in [0.2, 0.25) is 0 Å². The van der Waals surface area contributed by atoms with Crippen molar-refractivity contribution in [2.24, 2.45) is 0 Å². The molecule has 0 spiro atoms. The fourth-order valence-corrected chi connectivity index (χ4v) is 7.80. The highest BCUT2D eigenvalue weighted by Gasteiger charge is 2.49. The van der Waals surface area contributed by atoms with Crippen LogP contribution < -0.4 is 20.7 Å². The van der Waals surface area contributed by atoms with Gasteiger partial charge in [0.25, 0.3) is 0 Å². The average Bonchev–Trinajstić information content (AvgIpc) is 3.65. The molecule has 6 heterocycles. The first-order valence-corrected chi connectivity index (χ1v) is 15.1. The van der Waals surface area contributed by atoms with E-state index in [0.717, 1.165) is 32.2 Å². The summed E-state index contributed by atoms with van der Waals surface area (Å²) in [6, 6.07) is 6.74. The van der Waals surface area contributed by atoms with E-state index in [1.165, 1.54) is 6.07 Å². The van der Waals surface area contributed by atoms with Gasteiger partial charge >= 0.3 is 6.01 Å². The molecule has 4 aromatic rings. The van der Waals surface area contributed by atoms with E-state index in [-0.39, 0.29) is 47.2 Å². The van der Waals surface area contributed by atoms with Crippen LogP contribution >= 0.6 is 0 Å². The zero-order valence-electron chi connectivity index (χ0n) is 24.0. The highest BCUT2D eigenvalue weighted by molar-refractivity contribution is 6.01. The largest absolute Gasteiger partial charge is 0.461 e. The Morgan fingerprint density at radius 1 is 1.11 bits per heavy atom. The molecule has 44 heavy (non-hydrogen) atoms. The molecule has 9 nitrogen and oxygen atoms in total. The summed E-state index contributed by atoms with van der Waals surface area (Å²) in [5, 5.41) is 4.12. The molecule has 2 unspecified atom stereocenters. The normalized spacial score (nSPS) is 26.4. The minimum Gasteiger partial charge on any atom is -0.461 e. The summed E-state index contributed by atoms with van der Waals surface area (Å²) in [5.74, 6) is 1.04. The quantitative estimate of drug-likeness (QED) is 0.329. The van der Waals surface area contributed by atoms with Crippen LogP contribution in [0.3, 0.4) is 0 Å². The second kappa shape index (κ2) is 10.2. The molecule has 0 radical (unpaired) electrons. The van der Waals surface area contributed by atoms with Gasteiger partial charge in [-0.1, -0.05) is 12.0 Å². The molecule has 4 aliphatic rings. The minimum absolute atomic E-state index is 0.0326. The van der Waals surface area contributed by atoms with E-state index in [1.54, 1.807) is 18.2 Å². The molecule has 8 rings (SSSR count). The molecule has 0 saturated carbocycles. The highest BCUT2D eigenvalue weighted by Crippen LogP contribution is 2.42. The Morgan fingerprint density at radius 2 is 1.93 bits per heavy atom. The number of halogens is 3. The number of alkyl halides is 1. The molecule has 4 atom stereocenters. The number of nitrogens with one attached hydrogen (secondary N) is 1. The van der Waals surface area contributed by atoms with E-state index >= 15 is 8.78 Å². The third kappa shape index (κ3) is 4.32. The molecule has 4 saturated heterocycles. The van der Waals surface area contributed by atoms with Crippen LogP contribution in [0.15, 0.2) is 24.3 Å². The van der Waals surface area contributed by atoms with Gasteiger partial charge in [-0.2, -0.15) is 9.97 Å². The lowest BCUT2D eigenvalue weighted by molar-refractivity contribution is 0.107. The topological polar surface area (TPSA) is 105 Å². The van der Waals surface area contributed by atoms with Gasteiger partial charge in [0.05, 0.1) is 22.3 Å². The van der Waals surface area contributed by atoms with Gasteiger partial charge in [-0.3, -0.25) is 4.90 Å². The van der Waals surface area contributed by atoms with Crippen molar-refractivity contribution in [2.45, 2.75) is 55.9 Å².